The van der Waals surface area contributed by atoms with Gasteiger partial charge in [0.25, 0.3) is 5.91 Å². The highest BCUT2D eigenvalue weighted by molar-refractivity contribution is 6.42. The first-order valence-electron chi connectivity index (χ1n) is 11.4. The maximum absolute atomic E-state index is 13.2. The van der Waals surface area contributed by atoms with E-state index in [0.717, 1.165) is 0 Å². The number of aliphatic carboxylic acids is 1. The van der Waals surface area contributed by atoms with Crippen molar-refractivity contribution >= 4 is 47.1 Å². The van der Waals surface area contributed by atoms with Gasteiger partial charge < -0.3 is 24.5 Å². The molecule has 0 aliphatic carbocycles. The Bertz CT molecular complexity index is 1150. The molecule has 1 aromatic heterocycles. The zero-order valence-electron chi connectivity index (χ0n) is 20.6. The third kappa shape index (κ3) is 7.20. The molecule has 0 spiro atoms. The molecule has 3 rings (SSSR count). The van der Waals surface area contributed by atoms with Gasteiger partial charge in [0.15, 0.2) is 0 Å². The number of carbonyl (C=O) groups excluding carboxylic acids is 2. The molecule has 2 aromatic rings. The lowest BCUT2D eigenvalue weighted by Crippen LogP contribution is -2.50. The van der Waals surface area contributed by atoms with Crippen LogP contribution < -0.4 is 4.90 Å². The number of carboxylic acid groups (broad SMARTS) is 1. The molecular formula is C24H29Cl2N5O5. The largest absolute Gasteiger partial charge is 0.480 e. The third-order valence-corrected chi connectivity index (χ3v) is 6.12. The third-order valence-electron chi connectivity index (χ3n) is 5.38. The first-order chi connectivity index (χ1) is 16.8. The molecule has 0 bridgehead atoms. The number of ether oxygens (including phenoxy) is 1. The van der Waals surface area contributed by atoms with Crippen LogP contribution >= 0.6 is 23.2 Å². The average molecular weight is 538 g/mol. The predicted octanol–water partition coefficient (Wildman–Crippen LogP) is 3.88. The van der Waals surface area contributed by atoms with Crippen LogP contribution in [0.1, 0.15) is 42.4 Å². The highest BCUT2D eigenvalue weighted by Crippen LogP contribution is 2.24. The molecule has 12 heteroatoms. The van der Waals surface area contributed by atoms with E-state index in [1.54, 1.807) is 30.0 Å². The van der Waals surface area contributed by atoms with Gasteiger partial charge in [0.2, 0.25) is 5.95 Å². The number of piperazine rings is 1. The predicted molar refractivity (Wildman–Crippen MR) is 136 cm³/mol. The summed E-state index contributed by atoms with van der Waals surface area (Å²) in [5.74, 6) is -1.23. The van der Waals surface area contributed by atoms with Gasteiger partial charge in [-0.05, 0) is 45.4 Å². The van der Waals surface area contributed by atoms with Gasteiger partial charge in [-0.2, -0.15) is 0 Å². The number of aryl methyl sites for hydroxylation is 1. The molecule has 1 saturated heterocycles. The summed E-state index contributed by atoms with van der Waals surface area (Å²) in [6.07, 6.45) is 1.05. The van der Waals surface area contributed by atoms with Crippen molar-refractivity contribution in [2.45, 2.75) is 39.8 Å². The number of halogens is 2. The average Bonchev–Trinajstić information content (AvgIpc) is 2.79. The number of nitrogens with zero attached hydrogens (tertiary/aromatic N) is 5. The van der Waals surface area contributed by atoms with E-state index in [0.29, 0.717) is 53.4 Å². The van der Waals surface area contributed by atoms with Gasteiger partial charge in [-0.1, -0.05) is 29.3 Å². The van der Waals surface area contributed by atoms with Crippen molar-refractivity contribution in [3.63, 3.8) is 0 Å². The van der Waals surface area contributed by atoms with E-state index in [1.807, 2.05) is 25.7 Å². The molecule has 1 aliphatic heterocycles. The van der Waals surface area contributed by atoms with Gasteiger partial charge >= 0.3 is 12.1 Å². The SMILES string of the molecule is Cc1nc(N2CCN(C(=O)OC(C)(C)C)CC2)ncc1C(=O)N(CC(=O)O)Cc1ccc(Cl)c(Cl)c1. The van der Waals surface area contributed by atoms with Crippen molar-refractivity contribution in [2.24, 2.45) is 0 Å². The van der Waals surface area contributed by atoms with Crippen LogP contribution in [0.5, 0.6) is 0 Å². The quantitative estimate of drug-likeness (QED) is 0.589. The second-order valence-corrected chi connectivity index (χ2v) is 10.2. The normalized spacial score (nSPS) is 13.9. The van der Waals surface area contributed by atoms with E-state index in [2.05, 4.69) is 9.97 Å². The van der Waals surface area contributed by atoms with Crippen molar-refractivity contribution in [1.29, 1.82) is 0 Å². The molecule has 1 N–H and O–H groups in total. The fraction of sp³-hybridized carbons (Fsp3) is 0.458. The molecule has 0 radical (unpaired) electrons. The van der Waals surface area contributed by atoms with E-state index in [4.69, 9.17) is 27.9 Å². The second kappa shape index (κ2) is 11.3. The lowest BCUT2D eigenvalue weighted by atomic mass is 10.1. The summed E-state index contributed by atoms with van der Waals surface area (Å²) < 4.78 is 5.42. The van der Waals surface area contributed by atoms with Crippen LogP contribution in [0, 0.1) is 6.92 Å². The van der Waals surface area contributed by atoms with Crippen molar-refractivity contribution in [2.75, 3.05) is 37.6 Å². The highest BCUT2D eigenvalue weighted by atomic mass is 35.5. The molecule has 1 fully saturated rings. The van der Waals surface area contributed by atoms with E-state index in [9.17, 15) is 19.5 Å². The second-order valence-electron chi connectivity index (χ2n) is 9.43. The van der Waals surface area contributed by atoms with Gasteiger partial charge in [0.1, 0.15) is 12.1 Å². The summed E-state index contributed by atoms with van der Waals surface area (Å²) in [4.78, 5) is 50.6. The Morgan fingerprint density at radius 1 is 1.11 bits per heavy atom. The van der Waals surface area contributed by atoms with Crippen molar-refractivity contribution in [1.82, 2.24) is 19.8 Å². The van der Waals surface area contributed by atoms with Crippen molar-refractivity contribution < 1.29 is 24.2 Å². The topological polar surface area (TPSA) is 116 Å². The van der Waals surface area contributed by atoms with Crippen molar-refractivity contribution in [3.8, 4) is 0 Å². The summed E-state index contributed by atoms with van der Waals surface area (Å²) in [6, 6.07) is 4.86. The smallest absolute Gasteiger partial charge is 0.410 e. The minimum Gasteiger partial charge on any atom is -0.480 e. The van der Waals surface area contributed by atoms with Gasteiger partial charge in [0.05, 0.1) is 21.3 Å². The summed E-state index contributed by atoms with van der Waals surface area (Å²) >= 11 is 12.0. The summed E-state index contributed by atoms with van der Waals surface area (Å²) in [6.45, 7) is 8.58. The number of carbonyl (C=O) groups is 3. The molecule has 1 aromatic carbocycles. The van der Waals surface area contributed by atoms with Gasteiger partial charge in [-0.15, -0.1) is 0 Å². The number of hydrogen-bond donors (Lipinski definition) is 1. The van der Waals surface area contributed by atoms with Crippen LogP contribution in [-0.4, -0.2) is 81.2 Å². The van der Waals surface area contributed by atoms with Gasteiger partial charge in [-0.25, -0.2) is 14.8 Å². The lowest BCUT2D eigenvalue weighted by Gasteiger charge is -2.35. The monoisotopic (exact) mass is 537 g/mol. The van der Waals surface area contributed by atoms with Crippen LogP contribution in [-0.2, 0) is 16.1 Å². The fourth-order valence-electron chi connectivity index (χ4n) is 3.62. The molecule has 10 nitrogen and oxygen atoms in total. The van der Waals surface area contributed by atoms with Crippen LogP contribution in [0.25, 0.3) is 0 Å². The number of benzene rings is 1. The molecule has 36 heavy (non-hydrogen) atoms. The summed E-state index contributed by atoms with van der Waals surface area (Å²) in [7, 11) is 0. The Labute approximate surface area is 219 Å². The number of hydrogen-bond acceptors (Lipinski definition) is 7. The Hall–Kier alpha value is -3.11. The van der Waals surface area contributed by atoms with Crippen LogP contribution in [0.4, 0.5) is 10.7 Å². The van der Waals surface area contributed by atoms with Gasteiger partial charge in [0, 0.05) is 38.9 Å². The molecule has 2 heterocycles. The zero-order valence-corrected chi connectivity index (χ0v) is 22.1. The maximum atomic E-state index is 13.2. The summed E-state index contributed by atoms with van der Waals surface area (Å²) in [5.41, 5.74) is 0.694. The first kappa shape index (κ1) is 27.5. The number of carboxylic acids is 1. The standard InChI is InChI=1S/C24H29Cl2N5O5/c1-15-17(21(34)31(14-20(32)33)13-16-5-6-18(25)19(26)11-16)12-27-22(28-15)29-7-9-30(10-8-29)23(35)36-24(2,3)4/h5-6,11-12H,7-10,13-14H2,1-4H3,(H,32,33). The maximum Gasteiger partial charge on any atom is 0.410 e. The lowest BCUT2D eigenvalue weighted by molar-refractivity contribution is -0.137. The number of anilines is 1. The first-order valence-corrected chi connectivity index (χ1v) is 12.1. The fourth-order valence-corrected chi connectivity index (χ4v) is 3.94. The Morgan fingerprint density at radius 2 is 1.78 bits per heavy atom. The van der Waals surface area contributed by atoms with Gasteiger partial charge in [-0.3, -0.25) is 9.59 Å². The molecule has 1 aliphatic rings. The van der Waals surface area contributed by atoms with Crippen LogP contribution in [0.15, 0.2) is 24.4 Å². The number of aromatic nitrogens is 2. The minimum atomic E-state index is -1.15. The van der Waals surface area contributed by atoms with E-state index in [1.165, 1.54) is 11.1 Å². The Morgan fingerprint density at radius 3 is 2.33 bits per heavy atom. The molecule has 0 saturated carbocycles. The Balaban J connectivity index is 1.71. The molecular weight excluding hydrogens is 509 g/mol. The number of amides is 2. The minimum absolute atomic E-state index is 0.0236. The molecule has 0 unspecified atom stereocenters. The van der Waals surface area contributed by atoms with E-state index in [-0.39, 0.29) is 18.2 Å². The van der Waals surface area contributed by atoms with Crippen LogP contribution in [0.3, 0.4) is 0 Å². The molecule has 0 atom stereocenters. The van der Waals surface area contributed by atoms with Crippen molar-refractivity contribution in [3.05, 3.63) is 51.3 Å². The number of rotatable bonds is 6. The van der Waals surface area contributed by atoms with E-state index < -0.39 is 24.0 Å². The molecule has 2 amide bonds. The zero-order chi connectivity index (χ0) is 26.6. The molecule has 194 valence electrons. The Kier molecular flexibility index (Phi) is 8.63. The van der Waals surface area contributed by atoms with Crippen LogP contribution in [0.2, 0.25) is 10.0 Å². The van der Waals surface area contributed by atoms with E-state index >= 15 is 0 Å². The summed E-state index contributed by atoms with van der Waals surface area (Å²) in [5, 5.41) is 10.0. The highest BCUT2D eigenvalue weighted by Gasteiger charge is 2.28.